The van der Waals surface area contributed by atoms with Crippen molar-refractivity contribution >= 4 is 29.9 Å². The highest BCUT2D eigenvalue weighted by Gasteiger charge is 2.14. The Labute approximate surface area is 139 Å². The van der Waals surface area contributed by atoms with Gasteiger partial charge >= 0.3 is 0 Å². The Morgan fingerprint density at radius 1 is 1.26 bits per heavy atom. The molecular formula is C16H16ClN3O3. The van der Waals surface area contributed by atoms with E-state index in [-0.39, 0.29) is 24.2 Å². The van der Waals surface area contributed by atoms with E-state index >= 15 is 0 Å². The summed E-state index contributed by atoms with van der Waals surface area (Å²) >= 11 is 0. The molecule has 3 rings (SSSR count). The van der Waals surface area contributed by atoms with Crippen LogP contribution in [0.1, 0.15) is 22.3 Å². The number of hydrogen-bond donors (Lipinski definition) is 2. The number of halogens is 1. The minimum Gasteiger partial charge on any atom is -0.491 e. The molecule has 1 aliphatic heterocycles. The normalized spacial score (nSPS) is 12.8. The van der Waals surface area contributed by atoms with E-state index in [0.29, 0.717) is 36.6 Å². The quantitative estimate of drug-likeness (QED) is 0.902. The van der Waals surface area contributed by atoms with Crippen molar-refractivity contribution < 1.29 is 14.3 Å². The topological polar surface area (TPSA) is 80.3 Å². The van der Waals surface area contributed by atoms with Gasteiger partial charge in [-0.2, -0.15) is 0 Å². The lowest BCUT2D eigenvalue weighted by Gasteiger charge is -2.10. The number of amides is 2. The van der Waals surface area contributed by atoms with Gasteiger partial charge < -0.3 is 15.4 Å². The predicted molar refractivity (Wildman–Crippen MR) is 87.8 cm³/mol. The molecular weight excluding hydrogens is 318 g/mol. The molecule has 0 radical (unpaired) electrons. The predicted octanol–water partition coefficient (Wildman–Crippen LogP) is 2.15. The summed E-state index contributed by atoms with van der Waals surface area (Å²) in [5.74, 6) is 0.407. The molecule has 1 aromatic heterocycles. The molecule has 7 heteroatoms. The largest absolute Gasteiger partial charge is 0.491 e. The van der Waals surface area contributed by atoms with Crippen LogP contribution in [0.5, 0.6) is 5.75 Å². The van der Waals surface area contributed by atoms with Crippen LogP contribution in [0, 0.1) is 0 Å². The fraction of sp³-hybridized carbons (Fsp3) is 0.188. The van der Waals surface area contributed by atoms with Gasteiger partial charge in [-0.15, -0.1) is 12.4 Å². The maximum Gasteiger partial charge on any atom is 0.251 e. The second-order valence-electron chi connectivity index (χ2n) is 4.90. The lowest BCUT2D eigenvalue weighted by Crippen LogP contribution is -2.22. The molecule has 2 amide bonds. The third kappa shape index (κ3) is 4.20. The molecule has 0 unspecified atom stereocenters. The smallest absolute Gasteiger partial charge is 0.251 e. The number of rotatable bonds is 3. The van der Waals surface area contributed by atoms with E-state index in [1.54, 1.807) is 30.6 Å². The number of carbonyl (C=O) groups excluding carboxylic acids is 2. The minimum atomic E-state index is -0.169. The summed E-state index contributed by atoms with van der Waals surface area (Å²) in [4.78, 5) is 27.4. The van der Waals surface area contributed by atoms with Crippen LogP contribution >= 0.6 is 12.4 Å². The summed E-state index contributed by atoms with van der Waals surface area (Å²) in [6, 6.07) is 8.78. The number of pyridine rings is 1. The molecule has 0 atom stereocenters. The average molecular weight is 334 g/mol. The molecule has 2 N–H and O–H groups in total. The zero-order chi connectivity index (χ0) is 15.4. The number of carbonyl (C=O) groups is 2. The van der Waals surface area contributed by atoms with E-state index < -0.39 is 0 Å². The van der Waals surface area contributed by atoms with Gasteiger partial charge in [-0.1, -0.05) is 6.07 Å². The van der Waals surface area contributed by atoms with E-state index in [2.05, 4.69) is 15.6 Å². The van der Waals surface area contributed by atoms with Gasteiger partial charge in [-0.25, -0.2) is 0 Å². The van der Waals surface area contributed by atoms with Gasteiger partial charge in [0.15, 0.2) is 0 Å². The molecule has 0 spiro atoms. The Balaban J connectivity index is 0.00000192. The third-order valence-corrected chi connectivity index (χ3v) is 3.30. The number of aromatic nitrogens is 1. The lowest BCUT2D eigenvalue weighted by molar-refractivity contribution is -0.116. The molecule has 0 bridgehead atoms. The molecule has 0 aliphatic carbocycles. The van der Waals surface area contributed by atoms with E-state index in [1.165, 1.54) is 0 Å². The van der Waals surface area contributed by atoms with Gasteiger partial charge in [0.25, 0.3) is 5.91 Å². The van der Waals surface area contributed by atoms with Crippen molar-refractivity contribution in [2.45, 2.75) is 13.0 Å². The minimum absolute atomic E-state index is 0. The lowest BCUT2D eigenvalue weighted by atomic mass is 10.1. The molecule has 0 saturated heterocycles. The maximum atomic E-state index is 12.0. The van der Waals surface area contributed by atoms with Crippen molar-refractivity contribution in [2.75, 3.05) is 11.9 Å². The van der Waals surface area contributed by atoms with Crippen molar-refractivity contribution in [3.63, 3.8) is 0 Å². The highest BCUT2D eigenvalue weighted by molar-refractivity contribution is 5.94. The Kier molecular flexibility index (Phi) is 5.54. The standard InChI is InChI=1S/C16H15N3O3.ClH/c20-15-5-8-22-14-2-1-11(9-13(14)19-15)10-18-16(21)12-3-6-17-7-4-12;/h1-4,6-7,9H,5,8,10H2,(H,18,21)(H,19,20);1H. The highest BCUT2D eigenvalue weighted by Crippen LogP contribution is 2.28. The molecule has 23 heavy (non-hydrogen) atoms. The highest BCUT2D eigenvalue weighted by atomic mass is 35.5. The molecule has 1 aliphatic rings. The second kappa shape index (κ2) is 7.60. The van der Waals surface area contributed by atoms with Crippen LogP contribution in [0.3, 0.4) is 0 Å². The van der Waals surface area contributed by atoms with Crippen molar-refractivity contribution in [3.8, 4) is 5.75 Å². The van der Waals surface area contributed by atoms with Gasteiger partial charge in [0.2, 0.25) is 5.91 Å². The van der Waals surface area contributed by atoms with Crippen LogP contribution in [-0.4, -0.2) is 23.4 Å². The van der Waals surface area contributed by atoms with E-state index in [0.717, 1.165) is 5.56 Å². The number of anilines is 1. The molecule has 1 aromatic carbocycles. The molecule has 120 valence electrons. The first-order chi connectivity index (χ1) is 10.7. The molecule has 2 aromatic rings. The van der Waals surface area contributed by atoms with Gasteiger partial charge in [0.1, 0.15) is 5.75 Å². The first-order valence-corrected chi connectivity index (χ1v) is 6.96. The molecule has 0 saturated carbocycles. The number of benzene rings is 1. The Morgan fingerprint density at radius 3 is 2.83 bits per heavy atom. The molecule has 6 nitrogen and oxygen atoms in total. The molecule has 0 fully saturated rings. The first-order valence-electron chi connectivity index (χ1n) is 6.96. The van der Waals surface area contributed by atoms with Crippen LogP contribution in [0.4, 0.5) is 5.69 Å². The Bertz CT molecular complexity index is 707. The maximum absolute atomic E-state index is 12.0. The van der Waals surface area contributed by atoms with E-state index in [4.69, 9.17) is 4.74 Å². The molecule has 2 heterocycles. The van der Waals surface area contributed by atoms with Crippen molar-refractivity contribution in [2.24, 2.45) is 0 Å². The second-order valence-corrected chi connectivity index (χ2v) is 4.90. The van der Waals surface area contributed by atoms with Gasteiger partial charge in [0, 0.05) is 24.5 Å². The number of ether oxygens (including phenoxy) is 1. The number of hydrogen-bond acceptors (Lipinski definition) is 4. The summed E-state index contributed by atoms with van der Waals surface area (Å²) in [5, 5.41) is 5.63. The van der Waals surface area contributed by atoms with Crippen molar-refractivity contribution in [1.82, 2.24) is 10.3 Å². The van der Waals surface area contributed by atoms with Crippen molar-refractivity contribution in [3.05, 3.63) is 53.9 Å². The van der Waals surface area contributed by atoms with Crippen LogP contribution < -0.4 is 15.4 Å². The fourth-order valence-electron chi connectivity index (χ4n) is 2.16. The van der Waals surface area contributed by atoms with E-state index in [9.17, 15) is 9.59 Å². The summed E-state index contributed by atoms with van der Waals surface area (Å²) < 4.78 is 5.49. The van der Waals surface area contributed by atoms with Gasteiger partial charge in [0.05, 0.1) is 18.7 Å². The zero-order valence-electron chi connectivity index (χ0n) is 12.2. The van der Waals surface area contributed by atoms with Crippen molar-refractivity contribution in [1.29, 1.82) is 0 Å². The number of nitrogens with zero attached hydrogens (tertiary/aromatic N) is 1. The van der Waals surface area contributed by atoms with Crippen LogP contribution in [-0.2, 0) is 11.3 Å². The number of nitrogens with one attached hydrogen (secondary N) is 2. The Morgan fingerprint density at radius 2 is 2.04 bits per heavy atom. The first kappa shape index (κ1) is 16.8. The SMILES string of the molecule is Cl.O=C1CCOc2ccc(CNC(=O)c3ccncc3)cc2N1. The zero-order valence-corrected chi connectivity index (χ0v) is 13.1. The monoisotopic (exact) mass is 333 g/mol. The number of fused-ring (bicyclic) bond motifs is 1. The summed E-state index contributed by atoms with van der Waals surface area (Å²) in [7, 11) is 0. The Hall–Kier alpha value is -2.60. The van der Waals surface area contributed by atoms with Crippen LogP contribution in [0.2, 0.25) is 0 Å². The summed E-state index contributed by atoms with van der Waals surface area (Å²) in [6.45, 7) is 0.737. The van der Waals surface area contributed by atoms with Crippen LogP contribution in [0.25, 0.3) is 0 Å². The van der Waals surface area contributed by atoms with Gasteiger partial charge in [-0.3, -0.25) is 14.6 Å². The average Bonchev–Trinajstić information content (AvgIpc) is 2.73. The van der Waals surface area contributed by atoms with Gasteiger partial charge in [-0.05, 0) is 29.8 Å². The van der Waals surface area contributed by atoms with Crippen LogP contribution in [0.15, 0.2) is 42.7 Å². The summed E-state index contributed by atoms with van der Waals surface area (Å²) in [5.41, 5.74) is 2.08. The fourth-order valence-corrected chi connectivity index (χ4v) is 2.16. The van der Waals surface area contributed by atoms with E-state index in [1.807, 2.05) is 12.1 Å². The third-order valence-electron chi connectivity index (χ3n) is 3.30. The summed E-state index contributed by atoms with van der Waals surface area (Å²) in [6.07, 6.45) is 3.48.